The SMILES string of the molecule is c1ccc(OCCCOCCc2ccon2)cc1. The Labute approximate surface area is 107 Å². The van der Waals surface area contributed by atoms with Gasteiger partial charge in [-0.05, 0) is 12.1 Å². The van der Waals surface area contributed by atoms with Crippen LogP contribution in [-0.4, -0.2) is 25.0 Å². The molecule has 18 heavy (non-hydrogen) atoms. The van der Waals surface area contributed by atoms with Gasteiger partial charge >= 0.3 is 0 Å². The summed E-state index contributed by atoms with van der Waals surface area (Å²) in [4.78, 5) is 0. The summed E-state index contributed by atoms with van der Waals surface area (Å²) in [6.07, 6.45) is 3.24. The minimum absolute atomic E-state index is 0.665. The van der Waals surface area contributed by atoms with Crippen molar-refractivity contribution in [2.45, 2.75) is 12.8 Å². The second kappa shape index (κ2) is 7.50. The first-order valence-corrected chi connectivity index (χ1v) is 6.10. The van der Waals surface area contributed by atoms with Gasteiger partial charge in [0, 0.05) is 25.5 Å². The molecule has 0 fully saturated rings. The maximum absolute atomic E-state index is 5.55. The fourth-order valence-electron chi connectivity index (χ4n) is 1.51. The quantitative estimate of drug-likeness (QED) is 0.673. The van der Waals surface area contributed by atoms with Crippen LogP contribution in [0.25, 0.3) is 0 Å². The van der Waals surface area contributed by atoms with Gasteiger partial charge in [-0.15, -0.1) is 0 Å². The van der Waals surface area contributed by atoms with E-state index in [9.17, 15) is 0 Å². The van der Waals surface area contributed by atoms with Crippen molar-refractivity contribution in [1.82, 2.24) is 5.16 Å². The van der Waals surface area contributed by atoms with Crippen LogP contribution in [0.3, 0.4) is 0 Å². The fraction of sp³-hybridized carbons (Fsp3) is 0.357. The predicted octanol–water partition coefficient (Wildman–Crippen LogP) is 2.70. The molecule has 0 saturated carbocycles. The van der Waals surface area contributed by atoms with Crippen molar-refractivity contribution in [1.29, 1.82) is 0 Å². The highest BCUT2D eigenvalue weighted by Gasteiger charge is 1.96. The summed E-state index contributed by atoms with van der Waals surface area (Å²) in [6, 6.07) is 11.6. The zero-order valence-electron chi connectivity index (χ0n) is 10.2. The third kappa shape index (κ3) is 4.59. The molecule has 0 aliphatic carbocycles. The molecule has 2 rings (SSSR count). The molecule has 0 radical (unpaired) electrons. The van der Waals surface area contributed by atoms with E-state index in [0.717, 1.165) is 24.3 Å². The Morgan fingerprint density at radius 1 is 1.00 bits per heavy atom. The van der Waals surface area contributed by atoms with Crippen molar-refractivity contribution >= 4 is 0 Å². The Morgan fingerprint density at radius 3 is 2.67 bits per heavy atom. The molecule has 0 aliphatic heterocycles. The standard InChI is InChI=1S/C14H17NO3/c1-2-5-14(6-3-1)17-10-4-9-16-11-7-13-8-12-18-15-13/h1-3,5-6,8,12H,4,7,9-11H2. The lowest BCUT2D eigenvalue weighted by molar-refractivity contribution is 0.121. The van der Waals surface area contributed by atoms with Gasteiger partial charge in [0.2, 0.25) is 0 Å². The molecule has 0 amide bonds. The number of ether oxygens (including phenoxy) is 2. The van der Waals surface area contributed by atoms with Crippen molar-refractivity contribution in [3.63, 3.8) is 0 Å². The van der Waals surface area contributed by atoms with Gasteiger partial charge in [0.05, 0.1) is 18.9 Å². The Kier molecular flexibility index (Phi) is 5.27. The van der Waals surface area contributed by atoms with Crippen LogP contribution in [0.4, 0.5) is 0 Å². The predicted molar refractivity (Wildman–Crippen MR) is 67.6 cm³/mol. The van der Waals surface area contributed by atoms with Crippen LogP contribution in [0.5, 0.6) is 5.75 Å². The molecular formula is C14H17NO3. The van der Waals surface area contributed by atoms with Gasteiger partial charge in [0.1, 0.15) is 12.0 Å². The Balaban J connectivity index is 1.47. The molecule has 0 unspecified atom stereocenters. The van der Waals surface area contributed by atoms with Gasteiger partial charge in [-0.1, -0.05) is 23.4 Å². The van der Waals surface area contributed by atoms with Crippen molar-refractivity contribution < 1.29 is 14.0 Å². The van der Waals surface area contributed by atoms with E-state index >= 15 is 0 Å². The fourth-order valence-corrected chi connectivity index (χ4v) is 1.51. The minimum Gasteiger partial charge on any atom is -0.494 e. The average molecular weight is 247 g/mol. The lowest BCUT2D eigenvalue weighted by atomic mass is 10.3. The van der Waals surface area contributed by atoms with Crippen LogP contribution in [-0.2, 0) is 11.2 Å². The van der Waals surface area contributed by atoms with E-state index in [0.29, 0.717) is 19.8 Å². The van der Waals surface area contributed by atoms with Crippen LogP contribution >= 0.6 is 0 Å². The molecule has 4 heteroatoms. The third-order valence-electron chi connectivity index (χ3n) is 2.44. The van der Waals surface area contributed by atoms with E-state index in [4.69, 9.17) is 14.0 Å². The van der Waals surface area contributed by atoms with Gasteiger partial charge in [-0.25, -0.2) is 0 Å². The van der Waals surface area contributed by atoms with Crippen molar-refractivity contribution in [2.75, 3.05) is 19.8 Å². The number of benzene rings is 1. The molecule has 1 aromatic heterocycles. The molecule has 0 N–H and O–H groups in total. The Bertz CT molecular complexity index is 414. The monoisotopic (exact) mass is 247 g/mol. The summed E-state index contributed by atoms with van der Waals surface area (Å²) in [5.74, 6) is 0.903. The highest BCUT2D eigenvalue weighted by molar-refractivity contribution is 5.20. The number of para-hydroxylation sites is 1. The molecule has 96 valence electrons. The molecule has 1 aromatic carbocycles. The topological polar surface area (TPSA) is 44.5 Å². The lowest BCUT2D eigenvalue weighted by Crippen LogP contribution is -2.05. The van der Waals surface area contributed by atoms with Crippen LogP contribution in [0.2, 0.25) is 0 Å². The van der Waals surface area contributed by atoms with Crippen LogP contribution < -0.4 is 4.74 Å². The van der Waals surface area contributed by atoms with Crippen LogP contribution in [0.15, 0.2) is 47.2 Å². The van der Waals surface area contributed by atoms with Crippen molar-refractivity contribution in [2.24, 2.45) is 0 Å². The molecule has 1 heterocycles. The van der Waals surface area contributed by atoms with Gasteiger partial charge < -0.3 is 14.0 Å². The minimum atomic E-state index is 0.665. The Morgan fingerprint density at radius 2 is 1.89 bits per heavy atom. The van der Waals surface area contributed by atoms with E-state index in [-0.39, 0.29) is 0 Å². The molecule has 0 spiro atoms. The third-order valence-corrected chi connectivity index (χ3v) is 2.44. The summed E-state index contributed by atoms with van der Waals surface area (Å²) in [5.41, 5.74) is 0.926. The van der Waals surface area contributed by atoms with Gasteiger partial charge in [0.15, 0.2) is 0 Å². The number of hydrogen-bond donors (Lipinski definition) is 0. The first-order valence-electron chi connectivity index (χ1n) is 6.10. The highest BCUT2D eigenvalue weighted by atomic mass is 16.5. The maximum Gasteiger partial charge on any atom is 0.124 e. The summed E-state index contributed by atoms with van der Waals surface area (Å²) in [7, 11) is 0. The summed E-state index contributed by atoms with van der Waals surface area (Å²) >= 11 is 0. The maximum atomic E-state index is 5.55. The highest BCUT2D eigenvalue weighted by Crippen LogP contribution is 2.08. The van der Waals surface area contributed by atoms with E-state index in [2.05, 4.69) is 5.16 Å². The van der Waals surface area contributed by atoms with Gasteiger partial charge in [-0.2, -0.15) is 0 Å². The molecular weight excluding hydrogens is 230 g/mol. The largest absolute Gasteiger partial charge is 0.494 e. The van der Waals surface area contributed by atoms with Gasteiger partial charge in [0.25, 0.3) is 0 Å². The summed E-state index contributed by atoms with van der Waals surface area (Å²) in [5, 5.41) is 3.81. The zero-order chi connectivity index (χ0) is 12.5. The van der Waals surface area contributed by atoms with Crippen molar-refractivity contribution in [3.05, 3.63) is 48.4 Å². The molecule has 2 aromatic rings. The number of nitrogens with zero attached hydrogens (tertiary/aromatic N) is 1. The van der Waals surface area contributed by atoms with E-state index in [1.54, 1.807) is 6.26 Å². The van der Waals surface area contributed by atoms with Crippen LogP contribution in [0, 0.1) is 0 Å². The van der Waals surface area contributed by atoms with Crippen LogP contribution in [0.1, 0.15) is 12.1 Å². The van der Waals surface area contributed by atoms with E-state index < -0.39 is 0 Å². The average Bonchev–Trinajstić information content (AvgIpc) is 2.92. The molecule has 0 aliphatic rings. The molecule has 0 atom stereocenters. The van der Waals surface area contributed by atoms with Crippen molar-refractivity contribution in [3.8, 4) is 5.75 Å². The second-order valence-corrected chi connectivity index (χ2v) is 3.87. The Hall–Kier alpha value is -1.81. The number of rotatable bonds is 8. The molecule has 4 nitrogen and oxygen atoms in total. The first-order chi connectivity index (χ1) is 8.95. The summed E-state index contributed by atoms with van der Waals surface area (Å²) < 4.78 is 15.8. The van der Waals surface area contributed by atoms with Gasteiger partial charge in [-0.3, -0.25) is 0 Å². The molecule has 0 bridgehead atoms. The second-order valence-electron chi connectivity index (χ2n) is 3.87. The van der Waals surface area contributed by atoms with E-state index in [1.165, 1.54) is 0 Å². The normalized spacial score (nSPS) is 10.4. The molecule has 0 saturated heterocycles. The number of hydrogen-bond acceptors (Lipinski definition) is 4. The summed E-state index contributed by atoms with van der Waals surface area (Å²) in [6.45, 7) is 2.04. The first kappa shape index (κ1) is 12.6. The number of aromatic nitrogens is 1. The zero-order valence-corrected chi connectivity index (χ0v) is 10.2. The lowest BCUT2D eigenvalue weighted by Gasteiger charge is -2.06. The smallest absolute Gasteiger partial charge is 0.124 e. The van der Waals surface area contributed by atoms with E-state index in [1.807, 2.05) is 36.4 Å².